The Kier molecular flexibility index (Phi) is 4.42. The summed E-state index contributed by atoms with van der Waals surface area (Å²) in [6, 6.07) is 7.99. The van der Waals surface area contributed by atoms with Crippen molar-refractivity contribution in [3.8, 4) is 5.75 Å². The highest BCUT2D eigenvalue weighted by Crippen LogP contribution is 2.37. The maximum absolute atomic E-state index is 13.5. The van der Waals surface area contributed by atoms with Crippen LogP contribution in [-0.2, 0) is 13.0 Å². The van der Waals surface area contributed by atoms with Crippen molar-refractivity contribution in [2.45, 2.75) is 45.2 Å². The summed E-state index contributed by atoms with van der Waals surface area (Å²) in [4.78, 5) is 34.4. The van der Waals surface area contributed by atoms with E-state index in [1.54, 1.807) is 11.7 Å². The van der Waals surface area contributed by atoms with Gasteiger partial charge < -0.3 is 9.64 Å². The van der Waals surface area contributed by atoms with Gasteiger partial charge in [-0.3, -0.25) is 14.2 Å². The fourth-order valence-electron chi connectivity index (χ4n) is 4.59. The molecule has 7 heteroatoms. The lowest BCUT2D eigenvalue weighted by Gasteiger charge is -2.25. The van der Waals surface area contributed by atoms with Gasteiger partial charge in [0, 0.05) is 19.5 Å². The largest absolute Gasteiger partial charge is 0.497 e. The maximum Gasteiger partial charge on any atom is 0.264 e. The molecule has 3 aromatic rings. The van der Waals surface area contributed by atoms with Crippen molar-refractivity contribution in [1.29, 1.82) is 0 Å². The minimum absolute atomic E-state index is 0.00317. The van der Waals surface area contributed by atoms with Crippen LogP contribution in [0, 0.1) is 6.92 Å². The van der Waals surface area contributed by atoms with Gasteiger partial charge in [-0.15, -0.1) is 11.3 Å². The first-order chi connectivity index (χ1) is 14.1. The number of hydrogen-bond donors (Lipinski definition) is 0. The van der Waals surface area contributed by atoms with Crippen LogP contribution in [0.2, 0.25) is 0 Å². The van der Waals surface area contributed by atoms with Gasteiger partial charge in [-0.25, -0.2) is 4.98 Å². The molecule has 29 heavy (non-hydrogen) atoms. The van der Waals surface area contributed by atoms with Crippen LogP contribution in [0.15, 0.2) is 29.1 Å². The van der Waals surface area contributed by atoms with E-state index >= 15 is 0 Å². The summed E-state index contributed by atoms with van der Waals surface area (Å²) in [6.45, 7) is 3.34. The summed E-state index contributed by atoms with van der Waals surface area (Å²) < 4.78 is 7.02. The van der Waals surface area contributed by atoms with Gasteiger partial charge in [-0.05, 0) is 49.4 Å². The number of hydrogen-bond acceptors (Lipinski definition) is 5. The molecular weight excluding hydrogens is 386 g/mol. The summed E-state index contributed by atoms with van der Waals surface area (Å²) in [6.07, 6.45) is 3.71. The lowest BCUT2D eigenvalue weighted by molar-refractivity contribution is 0.0740. The average Bonchev–Trinajstić information content (AvgIpc) is 3.46. The Hall–Kier alpha value is -2.67. The normalized spacial score (nSPS) is 18.4. The van der Waals surface area contributed by atoms with Gasteiger partial charge in [0.2, 0.25) is 0 Å². The fraction of sp³-hybridized carbons (Fsp3) is 0.409. The van der Waals surface area contributed by atoms with Gasteiger partial charge in [0.1, 0.15) is 16.4 Å². The summed E-state index contributed by atoms with van der Waals surface area (Å²) in [5.74, 6) is 1.66. The number of aryl methyl sites for hydroxylation is 2. The molecule has 2 aliphatic heterocycles. The third-order valence-corrected chi connectivity index (χ3v) is 7.29. The molecule has 0 saturated carbocycles. The van der Waals surface area contributed by atoms with Gasteiger partial charge in [0.05, 0.1) is 23.4 Å². The van der Waals surface area contributed by atoms with Crippen molar-refractivity contribution >= 4 is 27.5 Å². The molecule has 0 radical (unpaired) electrons. The smallest absolute Gasteiger partial charge is 0.264 e. The first kappa shape index (κ1) is 18.4. The van der Waals surface area contributed by atoms with Crippen LogP contribution in [0.1, 0.15) is 51.9 Å². The van der Waals surface area contributed by atoms with Gasteiger partial charge in [0.15, 0.2) is 0 Å². The van der Waals surface area contributed by atoms with Crippen molar-refractivity contribution in [1.82, 2.24) is 14.5 Å². The molecule has 1 aromatic carbocycles. The third-order valence-electron chi connectivity index (χ3n) is 6.12. The summed E-state index contributed by atoms with van der Waals surface area (Å²) in [5, 5.41) is 0.615. The van der Waals surface area contributed by atoms with Crippen LogP contribution in [0.3, 0.4) is 0 Å². The number of ether oxygens (including phenoxy) is 1. The summed E-state index contributed by atoms with van der Waals surface area (Å²) in [7, 11) is 1.65. The molecule has 1 atom stereocenters. The van der Waals surface area contributed by atoms with Gasteiger partial charge in [0.25, 0.3) is 11.5 Å². The fourth-order valence-corrected chi connectivity index (χ4v) is 5.74. The molecular formula is C22H23N3O3S. The van der Waals surface area contributed by atoms with Crippen LogP contribution in [-0.4, -0.2) is 34.0 Å². The lowest BCUT2D eigenvalue weighted by Crippen LogP contribution is -2.30. The van der Waals surface area contributed by atoms with Crippen molar-refractivity contribution < 1.29 is 9.53 Å². The number of thiophene rings is 1. The molecule has 0 spiro atoms. The molecule has 1 unspecified atom stereocenters. The van der Waals surface area contributed by atoms with Crippen molar-refractivity contribution in [2.75, 3.05) is 13.7 Å². The first-order valence-electron chi connectivity index (χ1n) is 10.1. The van der Waals surface area contributed by atoms with E-state index in [-0.39, 0.29) is 17.5 Å². The number of carbonyl (C=O) groups is 1. The number of benzene rings is 1. The highest BCUT2D eigenvalue weighted by Gasteiger charge is 2.33. The van der Waals surface area contributed by atoms with E-state index in [0.717, 1.165) is 61.5 Å². The number of nitrogens with zero attached hydrogens (tertiary/aromatic N) is 3. The van der Waals surface area contributed by atoms with E-state index in [0.29, 0.717) is 15.1 Å². The molecule has 2 aromatic heterocycles. The minimum Gasteiger partial charge on any atom is -0.497 e. The Balaban J connectivity index is 1.52. The number of methoxy groups -OCH3 is 1. The Labute approximate surface area is 172 Å². The van der Waals surface area contributed by atoms with Crippen molar-refractivity contribution in [2.24, 2.45) is 0 Å². The number of amides is 1. The summed E-state index contributed by atoms with van der Waals surface area (Å²) in [5.41, 5.74) is 1.89. The minimum atomic E-state index is 0.00317. The van der Waals surface area contributed by atoms with E-state index in [1.165, 1.54) is 11.3 Å². The second kappa shape index (κ2) is 6.99. The molecule has 4 heterocycles. The number of carbonyl (C=O) groups excluding carboxylic acids is 1. The zero-order chi connectivity index (χ0) is 20.1. The van der Waals surface area contributed by atoms with E-state index in [2.05, 4.69) is 0 Å². The van der Waals surface area contributed by atoms with E-state index < -0.39 is 0 Å². The zero-order valence-electron chi connectivity index (χ0n) is 16.6. The standard InChI is InChI=1S/C22H23N3O3S/c1-13-18-20(23-17-6-4-12-25(17)21(18)26)29-19(13)22(27)24-11-3-5-16(24)14-7-9-15(28-2)10-8-14/h7-10,16H,3-6,11-12H2,1-2H3. The Bertz CT molecular complexity index is 1160. The van der Waals surface area contributed by atoms with Crippen LogP contribution >= 0.6 is 11.3 Å². The average molecular weight is 410 g/mol. The molecule has 0 N–H and O–H groups in total. The topological polar surface area (TPSA) is 64.4 Å². The highest BCUT2D eigenvalue weighted by atomic mass is 32.1. The molecule has 150 valence electrons. The molecule has 5 rings (SSSR count). The predicted octanol–water partition coefficient (Wildman–Crippen LogP) is 3.70. The Morgan fingerprint density at radius 3 is 2.76 bits per heavy atom. The van der Waals surface area contributed by atoms with E-state index in [9.17, 15) is 9.59 Å². The van der Waals surface area contributed by atoms with Crippen molar-refractivity contribution in [3.63, 3.8) is 0 Å². The first-order valence-corrected chi connectivity index (χ1v) is 10.9. The molecule has 0 bridgehead atoms. The maximum atomic E-state index is 13.5. The molecule has 0 aliphatic carbocycles. The SMILES string of the molecule is COc1ccc(C2CCCN2C(=O)c2sc3nc4n(c(=O)c3c2C)CCC4)cc1. The van der Waals surface area contributed by atoms with Gasteiger partial charge in [-0.2, -0.15) is 0 Å². The molecule has 1 amide bonds. The quantitative estimate of drug-likeness (QED) is 0.662. The molecule has 2 aliphatic rings. The molecule has 1 saturated heterocycles. The van der Waals surface area contributed by atoms with Crippen LogP contribution in [0.4, 0.5) is 0 Å². The van der Waals surface area contributed by atoms with E-state index in [4.69, 9.17) is 9.72 Å². The predicted molar refractivity (Wildman–Crippen MR) is 113 cm³/mol. The second-order valence-electron chi connectivity index (χ2n) is 7.75. The van der Waals surface area contributed by atoms with Crippen molar-refractivity contribution in [3.05, 3.63) is 56.4 Å². The number of fused-ring (bicyclic) bond motifs is 2. The van der Waals surface area contributed by atoms with Crippen LogP contribution in [0.25, 0.3) is 10.2 Å². The zero-order valence-corrected chi connectivity index (χ0v) is 17.4. The highest BCUT2D eigenvalue weighted by molar-refractivity contribution is 7.20. The number of likely N-dealkylation sites (tertiary alicyclic amines) is 1. The third kappa shape index (κ3) is 2.87. The van der Waals surface area contributed by atoms with Crippen LogP contribution < -0.4 is 10.3 Å². The number of aromatic nitrogens is 2. The molecule has 6 nitrogen and oxygen atoms in total. The number of rotatable bonds is 3. The van der Waals surface area contributed by atoms with E-state index in [1.807, 2.05) is 36.1 Å². The Morgan fingerprint density at radius 2 is 2.00 bits per heavy atom. The van der Waals surface area contributed by atoms with Gasteiger partial charge in [-0.1, -0.05) is 12.1 Å². The van der Waals surface area contributed by atoms with Gasteiger partial charge >= 0.3 is 0 Å². The molecule has 1 fully saturated rings. The van der Waals surface area contributed by atoms with Crippen LogP contribution in [0.5, 0.6) is 5.75 Å². The monoisotopic (exact) mass is 409 g/mol. The Morgan fingerprint density at radius 1 is 1.21 bits per heavy atom. The summed E-state index contributed by atoms with van der Waals surface area (Å²) >= 11 is 1.37. The lowest BCUT2D eigenvalue weighted by atomic mass is 10.0. The second-order valence-corrected chi connectivity index (χ2v) is 8.75.